The minimum atomic E-state index is -0.0541. The van der Waals surface area contributed by atoms with Gasteiger partial charge in [-0.2, -0.15) is 0 Å². The maximum Gasteiger partial charge on any atom is 0.195 e. The summed E-state index contributed by atoms with van der Waals surface area (Å²) < 4.78 is 12.3. The van der Waals surface area contributed by atoms with Crippen LogP contribution in [0.2, 0.25) is 5.02 Å². The first kappa shape index (κ1) is 18.0. The highest BCUT2D eigenvalue weighted by molar-refractivity contribution is 9.10. The van der Waals surface area contributed by atoms with Crippen molar-refractivity contribution in [3.8, 4) is 5.75 Å². The molecule has 0 N–H and O–H groups in total. The summed E-state index contributed by atoms with van der Waals surface area (Å²) in [6, 6.07) is 10.9. The van der Waals surface area contributed by atoms with E-state index < -0.39 is 0 Å². The molecular weight excluding hydrogens is 424 g/mol. The van der Waals surface area contributed by atoms with E-state index in [1.165, 1.54) is 17.4 Å². The number of aryl methyl sites for hydroxylation is 1. The number of allylic oxidation sites excluding steroid dienone is 1. The quantitative estimate of drug-likeness (QED) is 0.324. The highest BCUT2D eigenvalue weighted by Gasteiger charge is 2.06. The lowest BCUT2D eigenvalue weighted by atomic mass is 10.2. The Balaban J connectivity index is 1.59. The molecule has 0 aliphatic rings. The van der Waals surface area contributed by atoms with Crippen molar-refractivity contribution >= 4 is 50.7 Å². The number of ketones is 1. The molecule has 25 heavy (non-hydrogen) atoms. The molecule has 0 aliphatic carbocycles. The number of rotatable bonds is 6. The van der Waals surface area contributed by atoms with Gasteiger partial charge in [0.05, 0.1) is 4.88 Å². The first-order valence-electron chi connectivity index (χ1n) is 7.45. The average molecular weight is 438 g/mol. The van der Waals surface area contributed by atoms with Crippen molar-refractivity contribution in [2.24, 2.45) is 0 Å². The second-order valence-electron chi connectivity index (χ2n) is 5.33. The van der Waals surface area contributed by atoms with Crippen LogP contribution in [0.25, 0.3) is 6.08 Å². The minimum absolute atomic E-state index is 0.0541. The lowest BCUT2D eigenvalue weighted by molar-refractivity contribution is 0.105. The van der Waals surface area contributed by atoms with Gasteiger partial charge in [-0.1, -0.05) is 11.6 Å². The molecule has 0 amide bonds. The summed E-state index contributed by atoms with van der Waals surface area (Å²) >= 11 is 10.7. The molecule has 1 aromatic carbocycles. The Bertz CT molecular complexity index is 926. The lowest BCUT2D eigenvalue weighted by Gasteiger charge is -2.05. The van der Waals surface area contributed by atoms with Crippen LogP contribution in [0.4, 0.5) is 0 Å². The van der Waals surface area contributed by atoms with Crippen LogP contribution in [0.3, 0.4) is 0 Å². The molecule has 6 heteroatoms. The normalized spacial score (nSPS) is 11.2. The van der Waals surface area contributed by atoms with Crippen LogP contribution in [0.15, 0.2) is 56.7 Å². The zero-order valence-corrected chi connectivity index (χ0v) is 16.5. The number of hydrogen-bond acceptors (Lipinski definition) is 4. The Morgan fingerprint density at radius 2 is 2.16 bits per heavy atom. The molecule has 2 aromatic heterocycles. The smallest absolute Gasteiger partial charge is 0.195 e. The van der Waals surface area contributed by atoms with Gasteiger partial charge in [0.15, 0.2) is 5.78 Å². The molecule has 0 unspecified atom stereocenters. The van der Waals surface area contributed by atoms with Crippen molar-refractivity contribution in [2.75, 3.05) is 0 Å². The van der Waals surface area contributed by atoms with E-state index in [0.717, 1.165) is 15.8 Å². The predicted molar refractivity (Wildman–Crippen MR) is 105 cm³/mol. The third-order valence-corrected chi connectivity index (χ3v) is 5.53. The third kappa shape index (κ3) is 4.84. The maximum atomic E-state index is 12.0. The summed E-state index contributed by atoms with van der Waals surface area (Å²) in [5, 5.41) is 2.59. The van der Waals surface area contributed by atoms with E-state index in [4.69, 9.17) is 20.8 Å². The molecule has 3 aromatic rings. The van der Waals surface area contributed by atoms with E-state index in [9.17, 15) is 4.79 Å². The standard InChI is InChI=1S/C19H14BrClO3S/c1-12-8-15(4-6-17(12)21)23-10-16-3-2-14(24-16)5-7-18(22)19-9-13(20)11-25-19/h2-9,11H,10H2,1H3/b7-5+. The Hall–Kier alpha value is -1.82. The zero-order valence-electron chi connectivity index (χ0n) is 13.3. The molecular formula is C19H14BrClO3S. The largest absolute Gasteiger partial charge is 0.486 e. The molecule has 3 rings (SSSR count). The fourth-order valence-electron chi connectivity index (χ4n) is 2.11. The van der Waals surface area contributed by atoms with Crippen LogP contribution >= 0.6 is 38.9 Å². The molecule has 2 heterocycles. The van der Waals surface area contributed by atoms with Gasteiger partial charge in [0.25, 0.3) is 0 Å². The highest BCUT2D eigenvalue weighted by Crippen LogP contribution is 2.23. The molecule has 0 saturated carbocycles. The number of benzene rings is 1. The van der Waals surface area contributed by atoms with Gasteiger partial charge in [0.1, 0.15) is 23.9 Å². The summed E-state index contributed by atoms with van der Waals surface area (Å²) in [4.78, 5) is 12.7. The van der Waals surface area contributed by atoms with Crippen molar-refractivity contribution in [1.29, 1.82) is 0 Å². The zero-order chi connectivity index (χ0) is 17.8. The third-order valence-electron chi connectivity index (χ3n) is 3.40. The van der Waals surface area contributed by atoms with Gasteiger partial charge in [-0.05, 0) is 77.0 Å². The molecule has 128 valence electrons. The van der Waals surface area contributed by atoms with E-state index in [1.807, 2.05) is 30.5 Å². The Morgan fingerprint density at radius 3 is 2.88 bits per heavy atom. The number of ether oxygens (including phenoxy) is 1. The number of carbonyl (C=O) groups excluding carboxylic acids is 1. The Morgan fingerprint density at radius 1 is 1.32 bits per heavy atom. The van der Waals surface area contributed by atoms with Crippen LogP contribution < -0.4 is 4.74 Å². The number of hydrogen-bond donors (Lipinski definition) is 0. The van der Waals surface area contributed by atoms with Gasteiger partial charge in [-0.15, -0.1) is 11.3 Å². The summed E-state index contributed by atoms with van der Waals surface area (Å²) in [6.45, 7) is 2.23. The monoisotopic (exact) mass is 436 g/mol. The number of halogens is 2. The molecule has 0 saturated heterocycles. The molecule has 0 radical (unpaired) electrons. The van der Waals surface area contributed by atoms with Crippen LogP contribution in [0, 0.1) is 6.92 Å². The van der Waals surface area contributed by atoms with Crippen molar-refractivity contribution < 1.29 is 13.9 Å². The molecule has 0 atom stereocenters. The van der Waals surface area contributed by atoms with Crippen LogP contribution in [0.5, 0.6) is 5.75 Å². The van der Waals surface area contributed by atoms with Gasteiger partial charge >= 0.3 is 0 Å². The van der Waals surface area contributed by atoms with E-state index in [0.29, 0.717) is 28.0 Å². The fourth-order valence-corrected chi connectivity index (χ4v) is 3.57. The molecule has 0 aliphatic heterocycles. The average Bonchev–Trinajstić information content (AvgIpc) is 3.23. The molecule has 0 spiro atoms. The lowest BCUT2D eigenvalue weighted by Crippen LogP contribution is -1.94. The topological polar surface area (TPSA) is 39.4 Å². The summed E-state index contributed by atoms with van der Waals surface area (Å²) in [6.07, 6.45) is 3.16. The maximum absolute atomic E-state index is 12.0. The fraction of sp³-hybridized carbons (Fsp3) is 0.105. The van der Waals surface area contributed by atoms with Crippen LogP contribution in [-0.4, -0.2) is 5.78 Å². The van der Waals surface area contributed by atoms with Crippen molar-refractivity contribution in [1.82, 2.24) is 0 Å². The van der Waals surface area contributed by atoms with Crippen molar-refractivity contribution in [3.63, 3.8) is 0 Å². The second kappa shape index (κ2) is 8.04. The Kier molecular flexibility index (Phi) is 5.78. The van der Waals surface area contributed by atoms with Crippen LogP contribution in [-0.2, 0) is 6.61 Å². The molecule has 0 fully saturated rings. The van der Waals surface area contributed by atoms with Gasteiger partial charge in [-0.25, -0.2) is 0 Å². The molecule has 0 bridgehead atoms. The van der Waals surface area contributed by atoms with E-state index in [2.05, 4.69) is 15.9 Å². The van der Waals surface area contributed by atoms with Gasteiger partial charge in [0.2, 0.25) is 0 Å². The van der Waals surface area contributed by atoms with Crippen molar-refractivity contribution in [3.05, 3.63) is 79.3 Å². The van der Waals surface area contributed by atoms with Gasteiger partial charge in [-0.3, -0.25) is 4.79 Å². The van der Waals surface area contributed by atoms with Crippen molar-refractivity contribution in [2.45, 2.75) is 13.5 Å². The summed E-state index contributed by atoms with van der Waals surface area (Å²) in [5.41, 5.74) is 0.959. The summed E-state index contributed by atoms with van der Waals surface area (Å²) in [5.74, 6) is 1.96. The number of furan rings is 1. The number of thiophene rings is 1. The number of carbonyl (C=O) groups is 1. The summed E-state index contributed by atoms with van der Waals surface area (Å²) in [7, 11) is 0. The highest BCUT2D eigenvalue weighted by atomic mass is 79.9. The molecule has 3 nitrogen and oxygen atoms in total. The van der Waals surface area contributed by atoms with Gasteiger partial charge in [0, 0.05) is 14.9 Å². The van der Waals surface area contributed by atoms with E-state index >= 15 is 0 Å². The minimum Gasteiger partial charge on any atom is -0.486 e. The SMILES string of the molecule is Cc1cc(OCc2ccc(/C=C/C(=O)c3cc(Br)cs3)o2)ccc1Cl. The van der Waals surface area contributed by atoms with Crippen LogP contribution in [0.1, 0.15) is 26.8 Å². The first-order chi connectivity index (χ1) is 12.0. The second-order valence-corrected chi connectivity index (χ2v) is 7.56. The predicted octanol–water partition coefficient (Wildman–Crippen LogP) is 6.54. The van der Waals surface area contributed by atoms with Gasteiger partial charge < -0.3 is 9.15 Å². The van der Waals surface area contributed by atoms with E-state index in [-0.39, 0.29) is 5.78 Å². The Labute approximate surface area is 163 Å². The van der Waals surface area contributed by atoms with E-state index in [1.54, 1.807) is 24.3 Å². The first-order valence-corrected chi connectivity index (χ1v) is 9.50.